The number of likely N-dealkylation sites (tertiary alicyclic amines) is 1. The molecule has 0 radical (unpaired) electrons. The summed E-state index contributed by atoms with van der Waals surface area (Å²) < 4.78 is 6.05. The van der Waals surface area contributed by atoms with Crippen molar-refractivity contribution < 1.29 is 0 Å². The van der Waals surface area contributed by atoms with Gasteiger partial charge in [0.05, 0.1) is 23.3 Å². The summed E-state index contributed by atoms with van der Waals surface area (Å²) in [6, 6.07) is 17.2. The van der Waals surface area contributed by atoms with Gasteiger partial charge in [-0.3, -0.25) is 14.1 Å². The number of nitrogens with zero attached hydrogens (tertiary/aromatic N) is 5. The fourth-order valence-corrected chi connectivity index (χ4v) is 4.39. The van der Waals surface area contributed by atoms with Gasteiger partial charge in [0.25, 0.3) is 5.56 Å². The van der Waals surface area contributed by atoms with Crippen LogP contribution < -0.4 is 5.56 Å². The molecule has 1 fully saturated rings. The van der Waals surface area contributed by atoms with E-state index < -0.39 is 0 Å². The lowest BCUT2D eigenvalue weighted by Gasteiger charge is -2.29. The first-order valence-electron chi connectivity index (χ1n) is 10.0. The van der Waals surface area contributed by atoms with Gasteiger partial charge in [-0.05, 0) is 55.2 Å². The maximum Gasteiger partial charge on any atom is 0.267 e. The number of aromatic nitrogens is 4. The zero-order valence-electron chi connectivity index (χ0n) is 16.4. The lowest BCUT2D eigenvalue weighted by Crippen LogP contribution is -2.34. The molecule has 3 heterocycles. The molecule has 1 aliphatic rings. The molecule has 0 amide bonds. The molecule has 2 aromatic carbocycles. The fourth-order valence-electron chi connectivity index (χ4n) is 4.11. The molecule has 7 heteroatoms. The molecular formula is C22H23N5OS. The molecule has 29 heavy (non-hydrogen) atoms. The zero-order chi connectivity index (χ0) is 20.0. The molecule has 0 unspecified atom stereocenters. The van der Waals surface area contributed by atoms with E-state index in [2.05, 4.69) is 11.8 Å². The second-order valence-corrected chi connectivity index (χ2v) is 8.22. The van der Waals surface area contributed by atoms with Crippen molar-refractivity contribution in [3.05, 3.63) is 69.7 Å². The first-order chi connectivity index (χ1) is 14.1. The quantitative estimate of drug-likeness (QED) is 0.486. The smallest absolute Gasteiger partial charge is 0.267 e. The molecule has 1 saturated heterocycles. The standard InChI is InChI=1S/C22H23N5OS/c1-16-11-13-24(14-12-16)15-25-22(29)27-19-10-6-5-9-18(19)20(28)26(21(27)23-25)17-7-3-2-4-8-17/h2-10,16H,11-15H2,1H3. The number of piperidine rings is 1. The van der Waals surface area contributed by atoms with Crippen LogP contribution in [-0.4, -0.2) is 36.7 Å². The van der Waals surface area contributed by atoms with Crippen LogP contribution in [0.2, 0.25) is 0 Å². The van der Waals surface area contributed by atoms with Crippen LogP contribution in [0, 0.1) is 10.7 Å². The predicted octanol–water partition coefficient (Wildman–Crippen LogP) is 3.86. The van der Waals surface area contributed by atoms with E-state index in [1.54, 1.807) is 4.57 Å². The van der Waals surface area contributed by atoms with Crippen LogP contribution in [-0.2, 0) is 6.67 Å². The molecule has 0 atom stereocenters. The van der Waals surface area contributed by atoms with Crippen molar-refractivity contribution >= 4 is 28.9 Å². The summed E-state index contributed by atoms with van der Waals surface area (Å²) in [4.78, 5) is 15.7. The van der Waals surface area contributed by atoms with Crippen molar-refractivity contribution in [3.8, 4) is 5.69 Å². The Labute approximate surface area is 173 Å². The SMILES string of the molecule is CC1CCN(Cn2nc3n(-c4ccccc4)c(=O)c4ccccc4n3c2=S)CC1. The van der Waals surface area contributed by atoms with Crippen molar-refractivity contribution in [1.82, 2.24) is 23.6 Å². The molecule has 2 aromatic heterocycles. The van der Waals surface area contributed by atoms with Crippen molar-refractivity contribution in [1.29, 1.82) is 0 Å². The number of rotatable bonds is 3. The van der Waals surface area contributed by atoms with E-state index in [-0.39, 0.29) is 5.56 Å². The Balaban J connectivity index is 1.75. The summed E-state index contributed by atoms with van der Waals surface area (Å²) in [5.74, 6) is 1.32. The first-order valence-corrected chi connectivity index (χ1v) is 10.5. The molecule has 0 saturated carbocycles. The van der Waals surface area contributed by atoms with E-state index in [0.717, 1.165) is 30.2 Å². The highest BCUT2D eigenvalue weighted by Gasteiger charge is 2.20. The van der Waals surface area contributed by atoms with Crippen LogP contribution in [0.3, 0.4) is 0 Å². The summed E-state index contributed by atoms with van der Waals surface area (Å²) in [7, 11) is 0. The normalized spacial score (nSPS) is 16.0. The van der Waals surface area contributed by atoms with E-state index >= 15 is 0 Å². The molecule has 148 valence electrons. The average Bonchev–Trinajstić information content (AvgIpc) is 3.06. The Hall–Kier alpha value is -2.77. The largest absolute Gasteiger partial charge is 0.284 e. The monoisotopic (exact) mass is 405 g/mol. The highest BCUT2D eigenvalue weighted by Crippen LogP contribution is 2.19. The molecular weight excluding hydrogens is 382 g/mol. The topological polar surface area (TPSA) is 47.5 Å². The molecule has 0 spiro atoms. The number of hydrogen-bond donors (Lipinski definition) is 0. The Morgan fingerprint density at radius 3 is 2.48 bits per heavy atom. The molecule has 6 nitrogen and oxygen atoms in total. The van der Waals surface area contributed by atoms with Gasteiger partial charge in [0.1, 0.15) is 0 Å². The van der Waals surface area contributed by atoms with Crippen LogP contribution in [0.4, 0.5) is 0 Å². The Kier molecular flexibility index (Phi) is 4.56. The maximum atomic E-state index is 13.3. The number of hydrogen-bond acceptors (Lipinski definition) is 4. The number of benzene rings is 2. The third-order valence-electron chi connectivity index (χ3n) is 5.83. The average molecular weight is 406 g/mol. The summed E-state index contributed by atoms with van der Waals surface area (Å²) in [6.45, 7) is 5.04. The minimum atomic E-state index is -0.0850. The van der Waals surface area contributed by atoms with Crippen LogP contribution in [0.1, 0.15) is 19.8 Å². The van der Waals surface area contributed by atoms with Crippen molar-refractivity contribution in [2.24, 2.45) is 5.92 Å². The van der Waals surface area contributed by atoms with Gasteiger partial charge in [-0.15, -0.1) is 5.10 Å². The Bertz CT molecular complexity index is 1300. The van der Waals surface area contributed by atoms with E-state index in [0.29, 0.717) is 22.6 Å². The highest BCUT2D eigenvalue weighted by molar-refractivity contribution is 7.71. The minimum absolute atomic E-state index is 0.0850. The molecule has 0 aliphatic carbocycles. The van der Waals surface area contributed by atoms with Gasteiger partial charge in [0.2, 0.25) is 10.5 Å². The summed E-state index contributed by atoms with van der Waals surface area (Å²) in [5.41, 5.74) is 1.49. The van der Waals surface area contributed by atoms with E-state index in [4.69, 9.17) is 17.3 Å². The fraction of sp³-hybridized carbons (Fsp3) is 0.318. The van der Waals surface area contributed by atoms with Crippen LogP contribution >= 0.6 is 12.2 Å². The van der Waals surface area contributed by atoms with E-state index in [1.807, 2.05) is 63.7 Å². The number of para-hydroxylation sites is 2. The van der Waals surface area contributed by atoms with Gasteiger partial charge in [0, 0.05) is 13.1 Å². The van der Waals surface area contributed by atoms with Crippen molar-refractivity contribution in [2.45, 2.75) is 26.4 Å². The third-order valence-corrected chi connectivity index (χ3v) is 6.22. The number of fused-ring (bicyclic) bond motifs is 3. The summed E-state index contributed by atoms with van der Waals surface area (Å²) in [5, 5.41) is 5.44. The summed E-state index contributed by atoms with van der Waals surface area (Å²) >= 11 is 5.82. The van der Waals surface area contributed by atoms with Crippen LogP contribution in [0.15, 0.2) is 59.4 Å². The van der Waals surface area contributed by atoms with Crippen molar-refractivity contribution in [3.63, 3.8) is 0 Å². The lowest BCUT2D eigenvalue weighted by atomic mass is 10.00. The van der Waals surface area contributed by atoms with Gasteiger partial charge >= 0.3 is 0 Å². The van der Waals surface area contributed by atoms with Gasteiger partial charge < -0.3 is 0 Å². The van der Waals surface area contributed by atoms with Gasteiger partial charge in [0.15, 0.2) is 0 Å². The third kappa shape index (κ3) is 3.10. The molecule has 0 bridgehead atoms. The predicted molar refractivity (Wildman–Crippen MR) is 117 cm³/mol. The maximum absolute atomic E-state index is 13.3. The summed E-state index contributed by atoms with van der Waals surface area (Å²) in [6.07, 6.45) is 2.39. The van der Waals surface area contributed by atoms with Crippen molar-refractivity contribution in [2.75, 3.05) is 13.1 Å². The Morgan fingerprint density at radius 1 is 1.03 bits per heavy atom. The van der Waals surface area contributed by atoms with Crippen LogP contribution in [0.5, 0.6) is 0 Å². The minimum Gasteiger partial charge on any atom is -0.284 e. The molecule has 1 aliphatic heterocycles. The second-order valence-electron chi connectivity index (χ2n) is 7.85. The van der Waals surface area contributed by atoms with Gasteiger partial charge in [-0.2, -0.15) is 0 Å². The zero-order valence-corrected chi connectivity index (χ0v) is 17.2. The Morgan fingerprint density at radius 2 is 1.72 bits per heavy atom. The van der Waals surface area contributed by atoms with Gasteiger partial charge in [-0.1, -0.05) is 37.3 Å². The van der Waals surface area contributed by atoms with Gasteiger partial charge in [-0.25, -0.2) is 9.25 Å². The molecule has 0 N–H and O–H groups in total. The van der Waals surface area contributed by atoms with E-state index in [1.165, 1.54) is 12.8 Å². The lowest BCUT2D eigenvalue weighted by molar-refractivity contribution is 0.146. The highest BCUT2D eigenvalue weighted by atomic mass is 32.1. The van der Waals surface area contributed by atoms with E-state index in [9.17, 15) is 4.79 Å². The van der Waals surface area contributed by atoms with Crippen LogP contribution in [0.25, 0.3) is 22.4 Å². The first kappa shape index (κ1) is 18.3. The molecule has 4 aromatic rings. The molecule has 5 rings (SSSR count). The second kappa shape index (κ2) is 7.24.